The monoisotopic (exact) mass is 356 g/mol. The Balaban J connectivity index is 1.96. The molecule has 1 atom stereocenters. The number of alkyl halides is 3. The maximum atomic E-state index is 12.6. The molecular formula is C17H19F3N2OS. The summed E-state index contributed by atoms with van der Waals surface area (Å²) in [7, 11) is 1.62. The molecule has 0 saturated carbocycles. The van der Waals surface area contributed by atoms with Crippen LogP contribution in [0.1, 0.15) is 35.4 Å². The molecule has 2 rings (SSSR count). The smallest absolute Gasteiger partial charge is 0.330 e. The SMILES string of the molecule is CCC(NC(=O)N(C)Cc1ccc(C(F)(F)F)cc1)c1cccs1. The van der Waals surface area contributed by atoms with E-state index in [9.17, 15) is 18.0 Å². The zero-order valence-corrected chi connectivity index (χ0v) is 14.2. The van der Waals surface area contributed by atoms with Gasteiger partial charge in [0.15, 0.2) is 0 Å². The van der Waals surface area contributed by atoms with Crippen molar-refractivity contribution in [3.8, 4) is 0 Å². The van der Waals surface area contributed by atoms with Crippen molar-refractivity contribution in [1.82, 2.24) is 10.2 Å². The Morgan fingerprint density at radius 2 is 1.92 bits per heavy atom. The van der Waals surface area contributed by atoms with Gasteiger partial charge in [0.1, 0.15) is 0 Å². The molecule has 0 aliphatic heterocycles. The van der Waals surface area contributed by atoms with Crippen molar-refractivity contribution in [3.05, 3.63) is 57.8 Å². The Hall–Kier alpha value is -2.02. The highest BCUT2D eigenvalue weighted by Crippen LogP contribution is 2.29. The molecule has 0 saturated heterocycles. The molecule has 0 radical (unpaired) electrons. The van der Waals surface area contributed by atoms with Crippen molar-refractivity contribution < 1.29 is 18.0 Å². The van der Waals surface area contributed by atoms with E-state index in [1.807, 2.05) is 24.4 Å². The van der Waals surface area contributed by atoms with Crippen molar-refractivity contribution in [2.75, 3.05) is 7.05 Å². The van der Waals surface area contributed by atoms with Crippen LogP contribution in [-0.2, 0) is 12.7 Å². The second-order valence-electron chi connectivity index (χ2n) is 5.48. The average Bonchev–Trinajstić information content (AvgIpc) is 3.06. The second kappa shape index (κ2) is 7.70. The van der Waals surface area contributed by atoms with Gasteiger partial charge in [-0.3, -0.25) is 0 Å². The molecule has 7 heteroatoms. The van der Waals surface area contributed by atoms with Gasteiger partial charge in [-0.1, -0.05) is 25.1 Å². The van der Waals surface area contributed by atoms with Crippen molar-refractivity contribution >= 4 is 17.4 Å². The quantitative estimate of drug-likeness (QED) is 0.798. The predicted octanol–water partition coefficient (Wildman–Crippen LogP) is 5.06. The fraction of sp³-hybridized carbons (Fsp3) is 0.353. The van der Waals surface area contributed by atoms with Crippen molar-refractivity contribution in [3.63, 3.8) is 0 Å². The van der Waals surface area contributed by atoms with Gasteiger partial charge in [-0.05, 0) is 35.6 Å². The van der Waals surface area contributed by atoms with Gasteiger partial charge in [0.05, 0.1) is 11.6 Å². The maximum absolute atomic E-state index is 12.6. The number of hydrogen-bond donors (Lipinski definition) is 1. The lowest BCUT2D eigenvalue weighted by Crippen LogP contribution is -2.38. The first-order chi connectivity index (χ1) is 11.3. The van der Waals surface area contributed by atoms with Crippen LogP contribution < -0.4 is 5.32 Å². The second-order valence-corrected chi connectivity index (χ2v) is 6.46. The fourth-order valence-corrected chi connectivity index (χ4v) is 3.13. The van der Waals surface area contributed by atoms with E-state index in [-0.39, 0.29) is 18.6 Å². The van der Waals surface area contributed by atoms with E-state index < -0.39 is 11.7 Å². The molecule has 1 unspecified atom stereocenters. The Labute approximate surface area is 143 Å². The zero-order chi connectivity index (χ0) is 17.7. The normalized spacial score (nSPS) is 12.7. The molecule has 3 nitrogen and oxygen atoms in total. The van der Waals surface area contributed by atoms with E-state index in [1.54, 1.807) is 18.4 Å². The zero-order valence-electron chi connectivity index (χ0n) is 13.4. The van der Waals surface area contributed by atoms with Gasteiger partial charge < -0.3 is 10.2 Å². The highest BCUT2D eigenvalue weighted by Gasteiger charge is 2.30. The van der Waals surface area contributed by atoms with Crippen LogP contribution in [0.2, 0.25) is 0 Å². The van der Waals surface area contributed by atoms with Crippen LogP contribution in [0.3, 0.4) is 0 Å². The molecule has 1 N–H and O–H groups in total. The molecule has 1 aromatic heterocycles. The van der Waals surface area contributed by atoms with E-state index in [1.165, 1.54) is 17.0 Å². The number of nitrogens with one attached hydrogen (secondary N) is 1. The number of urea groups is 1. The summed E-state index contributed by atoms with van der Waals surface area (Å²) in [6, 6.07) is 8.42. The van der Waals surface area contributed by atoms with Gasteiger partial charge in [0.25, 0.3) is 0 Å². The first-order valence-corrected chi connectivity index (χ1v) is 8.40. The number of thiophene rings is 1. The van der Waals surface area contributed by atoms with Crippen molar-refractivity contribution in [1.29, 1.82) is 0 Å². The Bertz CT molecular complexity index is 653. The van der Waals surface area contributed by atoms with E-state index >= 15 is 0 Å². The van der Waals surface area contributed by atoms with Gasteiger partial charge >= 0.3 is 12.2 Å². The van der Waals surface area contributed by atoms with Crippen molar-refractivity contribution in [2.45, 2.75) is 32.1 Å². The lowest BCUT2D eigenvalue weighted by molar-refractivity contribution is -0.137. The lowest BCUT2D eigenvalue weighted by atomic mass is 10.1. The van der Waals surface area contributed by atoms with E-state index in [2.05, 4.69) is 5.32 Å². The molecule has 0 fully saturated rings. The standard InChI is InChI=1S/C17H19F3N2OS/c1-3-14(15-5-4-10-24-15)21-16(23)22(2)11-12-6-8-13(9-7-12)17(18,19)20/h4-10,14H,3,11H2,1-2H3,(H,21,23). The summed E-state index contributed by atoms with van der Waals surface area (Å²) in [5, 5.41) is 4.90. The van der Waals surface area contributed by atoms with Gasteiger partial charge in [0, 0.05) is 18.5 Å². The van der Waals surface area contributed by atoms with Crippen LogP contribution in [0.15, 0.2) is 41.8 Å². The molecule has 1 aromatic carbocycles. The number of rotatable bonds is 5. The summed E-state index contributed by atoms with van der Waals surface area (Å²) < 4.78 is 37.7. The summed E-state index contributed by atoms with van der Waals surface area (Å²) in [6.45, 7) is 2.23. The van der Waals surface area contributed by atoms with E-state index in [4.69, 9.17) is 0 Å². The Kier molecular flexibility index (Phi) is 5.88. The van der Waals surface area contributed by atoms with Gasteiger partial charge in [-0.25, -0.2) is 4.79 Å². The highest BCUT2D eigenvalue weighted by atomic mass is 32.1. The molecule has 0 aliphatic rings. The Morgan fingerprint density at radius 3 is 2.42 bits per heavy atom. The third-order valence-electron chi connectivity index (χ3n) is 3.64. The lowest BCUT2D eigenvalue weighted by Gasteiger charge is -2.22. The summed E-state index contributed by atoms with van der Waals surface area (Å²) in [5.74, 6) is 0. The van der Waals surface area contributed by atoms with Crippen LogP contribution in [0.25, 0.3) is 0 Å². The summed E-state index contributed by atoms with van der Waals surface area (Å²) >= 11 is 1.58. The molecule has 24 heavy (non-hydrogen) atoms. The largest absolute Gasteiger partial charge is 0.416 e. The van der Waals surface area contributed by atoms with E-state index in [0.717, 1.165) is 23.4 Å². The van der Waals surface area contributed by atoms with Gasteiger partial charge in [-0.15, -0.1) is 11.3 Å². The summed E-state index contributed by atoms with van der Waals surface area (Å²) in [6.07, 6.45) is -3.59. The summed E-state index contributed by atoms with van der Waals surface area (Å²) in [4.78, 5) is 14.8. The number of carbonyl (C=O) groups excluding carboxylic acids is 1. The molecule has 0 spiro atoms. The molecule has 0 bridgehead atoms. The van der Waals surface area contributed by atoms with Crippen LogP contribution in [0, 0.1) is 0 Å². The molecule has 2 aromatic rings. The first-order valence-electron chi connectivity index (χ1n) is 7.52. The molecular weight excluding hydrogens is 337 g/mol. The number of benzene rings is 1. The number of carbonyl (C=O) groups is 1. The highest BCUT2D eigenvalue weighted by molar-refractivity contribution is 7.10. The minimum atomic E-state index is -4.35. The maximum Gasteiger partial charge on any atom is 0.416 e. The van der Waals surface area contributed by atoms with Crippen LogP contribution >= 0.6 is 11.3 Å². The number of hydrogen-bond acceptors (Lipinski definition) is 2. The predicted molar refractivity (Wildman–Crippen MR) is 88.8 cm³/mol. The Morgan fingerprint density at radius 1 is 1.25 bits per heavy atom. The topological polar surface area (TPSA) is 32.3 Å². The summed E-state index contributed by atoms with van der Waals surface area (Å²) in [5.41, 5.74) is -0.0491. The van der Waals surface area contributed by atoms with Gasteiger partial charge in [-0.2, -0.15) is 13.2 Å². The average molecular weight is 356 g/mol. The van der Waals surface area contributed by atoms with Crippen LogP contribution in [-0.4, -0.2) is 18.0 Å². The van der Waals surface area contributed by atoms with Crippen molar-refractivity contribution in [2.24, 2.45) is 0 Å². The third-order valence-corrected chi connectivity index (χ3v) is 4.63. The minimum absolute atomic E-state index is 0.0624. The number of halogens is 3. The molecule has 0 aliphatic carbocycles. The fourth-order valence-electron chi connectivity index (χ4n) is 2.27. The van der Waals surface area contributed by atoms with Gasteiger partial charge in [0.2, 0.25) is 0 Å². The number of amides is 2. The number of nitrogens with zero attached hydrogens (tertiary/aromatic N) is 1. The third kappa shape index (κ3) is 4.74. The molecule has 130 valence electrons. The van der Waals surface area contributed by atoms with E-state index in [0.29, 0.717) is 5.56 Å². The van der Waals surface area contributed by atoms with Crippen LogP contribution in [0.4, 0.5) is 18.0 Å². The minimum Gasteiger partial charge on any atom is -0.330 e. The van der Waals surface area contributed by atoms with Crippen LogP contribution in [0.5, 0.6) is 0 Å². The molecule has 2 amide bonds. The molecule has 1 heterocycles. The first kappa shape index (κ1) is 18.3.